The van der Waals surface area contributed by atoms with Gasteiger partial charge >= 0.3 is 6.03 Å². The molecule has 0 aromatic carbocycles. The molecule has 0 aromatic heterocycles. The van der Waals surface area contributed by atoms with E-state index in [2.05, 4.69) is 4.90 Å². The first-order valence-corrected chi connectivity index (χ1v) is 4.27. The Morgan fingerprint density at radius 3 is 2.25 bits per heavy atom. The molecule has 72 valence electrons. The second-order valence-electron chi connectivity index (χ2n) is 3.07. The number of rotatable bonds is 5. The summed E-state index contributed by atoms with van der Waals surface area (Å²) in [6, 6.07) is -0.323. The molecule has 0 fully saturated rings. The molecule has 0 aliphatic heterocycles. The fraction of sp³-hybridized carbons (Fsp3) is 0.875. The van der Waals surface area contributed by atoms with E-state index in [9.17, 15) is 4.79 Å². The van der Waals surface area contributed by atoms with Gasteiger partial charge in [0.05, 0.1) is 0 Å². The van der Waals surface area contributed by atoms with E-state index >= 15 is 0 Å². The number of primary amides is 1. The number of nitrogens with two attached hydrogens (primary N) is 1. The highest BCUT2D eigenvalue weighted by Crippen LogP contribution is 1.91. The van der Waals surface area contributed by atoms with Crippen LogP contribution in [-0.2, 0) is 0 Å². The van der Waals surface area contributed by atoms with E-state index in [1.807, 2.05) is 21.0 Å². The van der Waals surface area contributed by atoms with Crippen molar-refractivity contribution in [2.24, 2.45) is 5.73 Å². The fourth-order valence-corrected chi connectivity index (χ4v) is 1.00. The predicted octanol–water partition coefficient (Wildman–Crippen LogP) is 0.339. The van der Waals surface area contributed by atoms with Gasteiger partial charge < -0.3 is 15.5 Å². The zero-order valence-corrected chi connectivity index (χ0v) is 8.21. The van der Waals surface area contributed by atoms with Crippen LogP contribution in [0.4, 0.5) is 4.79 Å². The van der Waals surface area contributed by atoms with Crippen LogP contribution in [0.25, 0.3) is 0 Å². The Morgan fingerprint density at radius 1 is 1.33 bits per heavy atom. The molecule has 12 heavy (non-hydrogen) atoms. The highest BCUT2D eigenvalue weighted by atomic mass is 16.2. The average Bonchev–Trinajstić information content (AvgIpc) is 1.96. The summed E-state index contributed by atoms with van der Waals surface area (Å²) >= 11 is 0. The molecule has 0 aliphatic rings. The second kappa shape index (κ2) is 5.83. The standard InChI is InChI=1S/C8H19N3O/c1-4-11(8(9)12)7-5-6-10(2)3/h4-7H2,1-3H3,(H2,9,12). The molecule has 0 aliphatic carbocycles. The molecule has 0 saturated heterocycles. The second-order valence-corrected chi connectivity index (χ2v) is 3.07. The molecular formula is C8H19N3O. The normalized spacial score (nSPS) is 10.3. The Morgan fingerprint density at radius 2 is 1.92 bits per heavy atom. The average molecular weight is 173 g/mol. The molecule has 0 unspecified atom stereocenters. The molecule has 0 saturated carbocycles. The zero-order valence-electron chi connectivity index (χ0n) is 8.21. The number of urea groups is 1. The summed E-state index contributed by atoms with van der Waals surface area (Å²) in [7, 11) is 4.03. The lowest BCUT2D eigenvalue weighted by Gasteiger charge is -2.19. The zero-order chi connectivity index (χ0) is 9.56. The maximum absolute atomic E-state index is 10.7. The van der Waals surface area contributed by atoms with Gasteiger partial charge in [-0.15, -0.1) is 0 Å². The summed E-state index contributed by atoms with van der Waals surface area (Å²) in [5, 5.41) is 0. The number of nitrogens with zero attached hydrogens (tertiary/aromatic N) is 2. The van der Waals surface area contributed by atoms with Crippen LogP contribution in [0.15, 0.2) is 0 Å². The van der Waals surface area contributed by atoms with Gasteiger partial charge in [0.25, 0.3) is 0 Å². The van der Waals surface area contributed by atoms with E-state index in [0.717, 1.165) is 19.5 Å². The van der Waals surface area contributed by atoms with E-state index in [1.165, 1.54) is 0 Å². The third-order valence-corrected chi connectivity index (χ3v) is 1.73. The van der Waals surface area contributed by atoms with Gasteiger partial charge in [-0.2, -0.15) is 0 Å². The molecule has 4 nitrogen and oxygen atoms in total. The molecule has 0 bridgehead atoms. The fourth-order valence-electron chi connectivity index (χ4n) is 1.00. The van der Waals surface area contributed by atoms with E-state index in [-0.39, 0.29) is 6.03 Å². The van der Waals surface area contributed by atoms with Crippen LogP contribution in [0.2, 0.25) is 0 Å². The van der Waals surface area contributed by atoms with Gasteiger partial charge in [0.15, 0.2) is 0 Å². The Balaban J connectivity index is 3.52. The minimum absolute atomic E-state index is 0.323. The maximum atomic E-state index is 10.7. The summed E-state index contributed by atoms with van der Waals surface area (Å²) in [6.07, 6.45) is 0.976. The summed E-state index contributed by atoms with van der Waals surface area (Å²) in [4.78, 5) is 14.5. The smallest absolute Gasteiger partial charge is 0.314 e. The molecule has 0 atom stereocenters. The van der Waals surface area contributed by atoms with Crippen molar-refractivity contribution < 1.29 is 4.79 Å². The number of hydrogen-bond acceptors (Lipinski definition) is 2. The highest BCUT2D eigenvalue weighted by molar-refractivity contribution is 5.71. The van der Waals surface area contributed by atoms with Crippen LogP contribution in [-0.4, -0.2) is 49.6 Å². The first-order chi connectivity index (χ1) is 5.57. The molecule has 0 spiro atoms. The lowest BCUT2D eigenvalue weighted by Crippen LogP contribution is -2.37. The number of carbonyl (C=O) groups is 1. The summed E-state index contributed by atoms with van der Waals surface area (Å²) in [6.45, 7) is 4.37. The third-order valence-electron chi connectivity index (χ3n) is 1.73. The van der Waals surface area contributed by atoms with E-state index in [4.69, 9.17) is 5.73 Å². The van der Waals surface area contributed by atoms with E-state index < -0.39 is 0 Å². The number of carbonyl (C=O) groups excluding carboxylic acids is 1. The van der Waals surface area contributed by atoms with Crippen molar-refractivity contribution in [3.8, 4) is 0 Å². The molecule has 0 heterocycles. The minimum atomic E-state index is -0.323. The Hall–Kier alpha value is -0.770. The minimum Gasteiger partial charge on any atom is -0.351 e. The lowest BCUT2D eigenvalue weighted by molar-refractivity contribution is 0.207. The molecule has 2 amide bonds. The van der Waals surface area contributed by atoms with Crippen molar-refractivity contribution in [2.45, 2.75) is 13.3 Å². The topological polar surface area (TPSA) is 49.6 Å². The van der Waals surface area contributed by atoms with Gasteiger partial charge in [0.2, 0.25) is 0 Å². The Kier molecular flexibility index (Phi) is 5.45. The van der Waals surface area contributed by atoms with Crippen molar-refractivity contribution in [1.29, 1.82) is 0 Å². The number of hydrogen-bond donors (Lipinski definition) is 1. The van der Waals surface area contributed by atoms with Crippen LogP contribution >= 0.6 is 0 Å². The first-order valence-electron chi connectivity index (χ1n) is 4.27. The Bertz CT molecular complexity index is 136. The monoisotopic (exact) mass is 173 g/mol. The molecular weight excluding hydrogens is 154 g/mol. The van der Waals surface area contributed by atoms with Gasteiger partial charge in [-0.1, -0.05) is 0 Å². The van der Waals surface area contributed by atoms with Crippen LogP contribution in [0.1, 0.15) is 13.3 Å². The van der Waals surface area contributed by atoms with Gasteiger partial charge in [-0.05, 0) is 34.0 Å². The van der Waals surface area contributed by atoms with Crippen LogP contribution in [0.5, 0.6) is 0 Å². The molecule has 0 rings (SSSR count). The van der Waals surface area contributed by atoms with Gasteiger partial charge in [0.1, 0.15) is 0 Å². The number of amides is 2. The summed E-state index contributed by atoms with van der Waals surface area (Å²) in [5.74, 6) is 0. The van der Waals surface area contributed by atoms with Crippen molar-refractivity contribution >= 4 is 6.03 Å². The van der Waals surface area contributed by atoms with E-state index in [0.29, 0.717) is 6.54 Å². The SMILES string of the molecule is CCN(CCCN(C)C)C(N)=O. The van der Waals surface area contributed by atoms with Crippen molar-refractivity contribution in [3.05, 3.63) is 0 Å². The van der Waals surface area contributed by atoms with Crippen molar-refractivity contribution in [2.75, 3.05) is 33.7 Å². The van der Waals surface area contributed by atoms with Crippen LogP contribution in [0, 0.1) is 0 Å². The molecule has 4 heteroatoms. The molecule has 0 aromatic rings. The van der Waals surface area contributed by atoms with Crippen molar-refractivity contribution in [1.82, 2.24) is 9.80 Å². The summed E-state index contributed by atoms with van der Waals surface area (Å²) in [5.41, 5.74) is 5.14. The molecule has 0 radical (unpaired) electrons. The first kappa shape index (κ1) is 11.2. The summed E-state index contributed by atoms with van der Waals surface area (Å²) < 4.78 is 0. The van der Waals surface area contributed by atoms with Gasteiger partial charge in [-0.25, -0.2) is 4.79 Å². The quantitative estimate of drug-likeness (QED) is 0.651. The van der Waals surface area contributed by atoms with Crippen LogP contribution < -0.4 is 5.73 Å². The Labute approximate surface area is 74.3 Å². The highest BCUT2D eigenvalue weighted by Gasteiger charge is 2.05. The maximum Gasteiger partial charge on any atom is 0.314 e. The van der Waals surface area contributed by atoms with Gasteiger partial charge in [0, 0.05) is 13.1 Å². The van der Waals surface area contributed by atoms with Gasteiger partial charge in [-0.3, -0.25) is 0 Å². The van der Waals surface area contributed by atoms with Crippen molar-refractivity contribution in [3.63, 3.8) is 0 Å². The third kappa shape index (κ3) is 4.96. The molecule has 2 N–H and O–H groups in total. The van der Waals surface area contributed by atoms with E-state index in [1.54, 1.807) is 4.90 Å². The largest absolute Gasteiger partial charge is 0.351 e. The predicted molar refractivity (Wildman–Crippen MR) is 50.0 cm³/mol. The lowest BCUT2D eigenvalue weighted by atomic mass is 10.3. The van der Waals surface area contributed by atoms with Crippen LogP contribution in [0.3, 0.4) is 0 Å².